The molecule has 20 heavy (non-hydrogen) atoms. The number of likely N-dealkylation sites (tertiary alicyclic amines) is 1. The Labute approximate surface area is 120 Å². The first-order valence-corrected chi connectivity index (χ1v) is 7.41. The van der Waals surface area contributed by atoms with Crippen molar-refractivity contribution in [2.45, 2.75) is 45.1 Å². The highest BCUT2D eigenvalue weighted by atomic mass is 16.4. The van der Waals surface area contributed by atoms with E-state index in [0.717, 1.165) is 32.2 Å². The van der Waals surface area contributed by atoms with Crippen molar-refractivity contribution in [3.63, 3.8) is 0 Å². The van der Waals surface area contributed by atoms with Gasteiger partial charge in [-0.1, -0.05) is 31.5 Å². The van der Waals surface area contributed by atoms with Gasteiger partial charge in [0.25, 0.3) is 5.91 Å². The van der Waals surface area contributed by atoms with Gasteiger partial charge in [0.1, 0.15) is 0 Å². The molecule has 1 fully saturated rings. The van der Waals surface area contributed by atoms with Crippen molar-refractivity contribution in [2.75, 3.05) is 6.54 Å². The number of hydrogen-bond acceptors (Lipinski definition) is 3. The topological polar surface area (TPSA) is 60.8 Å². The minimum absolute atomic E-state index is 0.0770. The average molecular weight is 275 g/mol. The van der Waals surface area contributed by atoms with Crippen molar-refractivity contribution in [1.82, 2.24) is 4.90 Å². The Morgan fingerprint density at radius 2 is 2.10 bits per heavy atom. The number of nitrogens with zero attached hydrogens (tertiary/aromatic N) is 1. The Bertz CT molecular complexity index is 462. The summed E-state index contributed by atoms with van der Waals surface area (Å²) in [7, 11) is -1.61. The van der Waals surface area contributed by atoms with Crippen LogP contribution in [0.5, 0.6) is 0 Å². The highest BCUT2D eigenvalue weighted by molar-refractivity contribution is 6.60. The fraction of sp³-hybridized carbons (Fsp3) is 0.533. The monoisotopic (exact) mass is 275 g/mol. The van der Waals surface area contributed by atoms with Crippen molar-refractivity contribution in [3.8, 4) is 0 Å². The summed E-state index contributed by atoms with van der Waals surface area (Å²) in [4.78, 5) is 14.6. The number of carbonyl (C=O) groups excluding carboxylic acids is 1. The Balaban J connectivity index is 2.25. The van der Waals surface area contributed by atoms with E-state index in [2.05, 4.69) is 6.92 Å². The lowest BCUT2D eigenvalue weighted by molar-refractivity contribution is 0.0601. The molecule has 1 atom stereocenters. The molecule has 0 saturated carbocycles. The predicted octanol–water partition coefficient (Wildman–Crippen LogP) is 1.16. The van der Waals surface area contributed by atoms with Crippen LogP contribution in [-0.4, -0.2) is 40.6 Å². The largest absolute Gasteiger partial charge is 0.489 e. The molecule has 2 N–H and O–H groups in total. The number of hydrogen-bond donors (Lipinski definition) is 2. The summed E-state index contributed by atoms with van der Waals surface area (Å²) in [5.41, 5.74) is 0.698. The normalized spacial score (nSPS) is 18.9. The summed E-state index contributed by atoms with van der Waals surface area (Å²) in [6.07, 6.45) is 5.30. The van der Waals surface area contributed by atoms with E-state index in [-0.39, 0.29) is 11.9 Å². The van der Waals surface area contributed by atoms with Crippen molar-refractivity contribution >= 4 is 18.5 Å². The zero-order valence-electron chi connectivity index (χ0n) is 12.0. The van der Waals surface area contributed by atoms with Gasteiger partial charge in [-0.2, -0.15) is 0 Å². The van der Waals surface area contributed by atoms with Gasteiger partial charge >= 0.3 is 7.12 Å². The maximum atomic E-state index is 12.7. The summed E-state index contributed by atoms with van der Waals surface area (Å²) >= 11 is 0. The van der Waals surface area contributed by atoms with Crippen LogP contribution in [0.25, 0.3) is 0 Å². The molecule has 1 unspecified atom stereocenters. The zero-order chi connectivity index (χ0) is 14.5. The van der Waals surface area contributed by atoms with Gasteiger partial charge in [-0.05, 0) is 37.2 Å². The molecule has 2 rings (SSSR count). The van der Waals surface area contributed by atoms with Crippen LogP contribution in [0.1, 0.15) is 49.4 Å². The summed E-state index contributed by atoms with van der Waals surface area (Å²) in [6.45, 7) is 2.89. The number of carbonyl (C=O) groups is 1. The smallest absolute Gasteiger partial charge is 0.423 e. The van der Waals surface area contributed by atoms with Crippen molar-refractivity contribution in [3.05, 3.63) is 29.8 Å². The Morgan fingerprint density at radius 3 is 2.80 bits per heavy atom. The summed E-state index contributed by atoms with van der Waals surface area (Å²) < 4.78 is 0. The third-order valence-electron chi connectivity index (χ3n) is 3.98. The standard InChI is InChI=1S/C15H22BNO3/c1-2-7-12-8-5-6-11-17(12)15(18)13-9-3-4-10-14(13)16(19)20/h3-4,9-10,12,19-20H,2,5-8,11H2,1H3. The van der Waals surface area contributed by atoms with Crippen LogP contribution in [-0.2, 0) is 0 Å². The van der Waals surface area contributed by atoms with Gasteiger partial charge in [0, 0.05) is 18.2 Å². The minimum Gasteiger partial charge on any atom is -0.423 e. The minimum atomic E-state index is -1.61. The lowest BCUT2D eigenvalue weighted by Gasteiger charge is -2.36. The number of piperidine rings is 1. The average Bonchev–Trinajstić information content (AvgIpc) is 2.47. The first-order valence-electron chi connectivity index (χ1n) is 7.41. The van der Waals surface area contributed by atoms with E-state index in [1.807, 2.05) is 4.90 Å². The molecule has 1 aliphatic rings. The van der Waals surface area contributed by atoms with Gasteiger partial charge in [0.05, 0.1) is 0 Å². The first-order chi connectivity index (χ1) is 9.65. The molecular formula is C15H22BNO3. The Hall–Kier alpha value is -1.33. The number of amides is 1. The van der Waals surface area contributed by atoms with Crippen LogP contribution >= 0.6 is 0 Å². The third-order valence-corrected chi connectivity index (χ3v) is 3.98. The molecular weight excluding hydrogens is 253 g/mol. The molecule has 5 heteroatoms. The second-order valence-corrected chi connectivity index (χ2v) is 5.40. The number of benzene rings is 1. The van der Waals surface area contributed by atoms with E-state index in [9.17, 15) is 14.8 Å². The second kappa shape index (κ2) is 6.91. The van der Waals surface area contributed by atoms with Crippen LogP contribution in [0, 0.1) is 0 Å². The zero-order valence-corrected chi connectivity index (χ0v) is 12.0. The quantitative estimate of drug-likeness (QED) is 0.811. The van der Waals surface area contributed by atoms with Gasteiger partial charge < -0.3 is 14.9 Å². The molecule has 0 spiro atoms. The highest BCUT2D eigenvalue weighted by Crippen LogP contribution is 2.22. The fourth-order valence-corrected chi connectivity index (χ4v) is 2.97. The summed E-state index contributed by atoms with van der Waals surface area (Å²) in [5, 5.41) is 18.8. The molecule has 1 amide bonds. The number of rotatable bonds is 4. The molecule has 1 aliphatic heterocycles. The van der Waals surface area contributed by atoms with Gasteiger partial charge in [0.2, 0.25) is 0 Å². The Morgan fingerprint density at radius 1 is 1.35 bits per heavy atom. The maximum Gasteiger partial charge on any atom is 0.489 e. The van der Waals surface area contributed by atoms with Crippen molar-refractivity contribution in [2.24, 2.45) is 0 Å². The molecule has 0 radical (unpaired) electrons. The van der Waals surface area contributed by atoms with Crippen LogP contribution in [0.4, 0.5) is 0 Å². The van der Waals surface area contributed by atoms with Crippen LogP contribution in [0.2, 0.25) is 0 Å². The molecule has 0 aliphatic carbocycles. The van der Waals surface area contributed by atoms with E-state index >= 15 is 0 Å². The molecule has 108 valence electrons. The van der Waals surface area contributed by atoms with E-state index in [1.54, 1.807) is 24.3 Å². The summed E-state index contributed by atoms with van der Waals surface area (Å²) in [5.74, 6) is -0.0770. The van der Waals surface area contributed by atoms with Gasteiger partial charge in [-0.25, -0.2) is 0 Å². The molecule has 4 nitrogen and oxygen atoms in total. The predicted molar refractivity (Wildman–Crippen MR) is 79.9 cm³/mol. The first kappa shape index (κ1) is 15.1. The van der Waals surface area contributed by atoms with Crippen molar-refractivity contribution < 1.29 is 14.8 Å². The Kier molecular flexibility index (Phi) is 5.20. The van der Waals surface area contributed by atoms with E-state index in [0.29, 0.717) is 11.0 Å². The van der Waals surface area contributed by atoms with Gasteiger partial charge in [0.15, 0.2) is 0 Å². The van der Waals surface area contributed by atoms with Crippen LogP contribution in [0.15, 0.2) is 24.3 Å². The van der Waals surface area contributed by atoms with Gasteiger partial charge in [-0.15, -0.1) is 0 Å². The van der Waals surface area contributed by atoms with Gasteiger partial charge in [-0.3, -0.25) is 4.79 Å². The molecule has 1 saturated heterocycles. The third kappa shape index (κ3) is 3.22. The molecule has 0 aromatic heterocycles. The second-order valence-electron chi connectivity index (χ2n) is 5.40. The lowest BCUT2D eigenvalue weighted by Crippen LogP contribution is -2.46. The maximum absolute atomic E-state index is 12.7. The highest BCUT2D eigenvalue weighted by Gasteiger charge is 2.29. The molecule has 0 bridgehead atoms. The van der Waals surface area contributed by atoms with Crippen LogP contribution in [0.3, 0.4) is 0 Å². The van der Waals surface area contributed by atoms with E-state index in [1.165, 1.54) is 6.42 Å². The molecule has 1 aromatic rings. The molecule has 1 aromatic carbocycles. The molecule has 1 heterocycles. The summed E-state index contributed by atoms with van der Waals surface area (Å²) in [6, 6.07) is 7.03. The van der Waals surface area contributed by atoms with E-state index in [4.69, 9.17) is 0 Å². The van der Waals surface area contributed by atoms with Crippen LogP contribution < -0.4 is 5.46 Å². The van der Waals surface area contributed by atoms with Crippen molar-refractivity contribution in [1.29, 1.82) is 0 Å². The van der Waals surface area contributed by atoms with E-state index < -0.39 is 7.12 Å². The fourth-order valence-electron chi connectivity index (χ4n) is 2.97. The lowest BCUT2D eigenvalue weighted by atomic mass is 9.76. The SMILES string of the molecule is CCCC1CCCCN1C(=O)c1ccccc1B(O)O.